The molecule has 2 N–H and O–H groups in total. The number of rotatable bonds is 3. The zero-order valence-electron chi connectivity index (χ0n) is 13.3. The average molecular weight is 352 g/mol. The molecule has 2 aromatic rings. The number of fused-ring (bicyclic) bond motifs is 1. The molecule has 0 amide bonds. The normalized spacial score (nSPS) is 16.0. The highest BCUT2D eigenvalue weighted by Gasteiger charge is 2.19. The molecule has 0 spiro atoms. The zero-order chi connectivity index (χ0) is 17.6. The standard InChI is InChI=1S/C10H12O3.C7H8O3S/c11-6-5-8-7-12-9-3-1-2-4-10(9)13-8;1-6-2-4-7(5-3-6)11(8,9)10/h1-4,8,11H,5-7H2;2-5H,1H3,(H,8,9,10). The summed E-state index contributed by atoms with van der Waals surface area (Å²) in [4.78, 5) is -0.0666. The predicted molar refractivity (Wildman–Crippen MR) is 89.0 cm³/mol. The van der Waals surface area contributed by atoms with Gasteiger partial charge in [-0.3, -0.25) is 4.55 Å². The minimum atomic E-state index is -4.02. The molecule has 0 saturated carbocycles. The van der Waals surface area contributed by atoms with Crippen LogP contribution >= 0.6 is 0 Å². The van der Waals surface area contributed by atoms with Gasteiger partial charge in [0, 0.05) is 13.0 Å². The van der Waals surface area contributed by atoms with E-state index in [1.165, 1.54) is 12.1 Å². The number of aryl methyl sites for hydroxylation is 1. The van der Waals surface area contributed by atoms with Crippen LogP contribution in [0.1, 0.15) is 12.0 Å². The monoisotopic (exact) mass is 352 g/mol. The van der Waals surface area contributed by atoms with Crippen LogP contribution in [-0.2, 0) is 10.1 Å². The summed E-state index contributed by atoms with van der Waals surface area (Å²) < 4.78 is 40.6. The number of ether oxygens (including phenoxy) is 2. The first-order valence-electron chi connectivity index (χ1n) is 7.43. The Morgan fingerprint density at radius 1 is 1.08 bits per heavy atom. The number of benzene rings is 2. The zero-order valence-corrected chi connectivity index (χ0v) is 14.1. The number of aliphatic hydroxyl groups is 1. The summed E-state index contributed by atoms with van der Waals surface area (Å²) in [5.74, 6) is 1.56. The van der Waals surface area contributed by atoms with Crippen molar-refractivity contribution in [2.45, 2.75) is 24.3 Å². The van der Waals surface area contributed by atoms with E-state index in [0.29, 0.717) is 13.0 Å². The van der Waals surface area contributed by atoms with E-state index in [4.69, 9.17) is 19.1 Å². The molecule has 7 heteroatoms. The highest BCUT2D eigenvalue weighted by atomic mass is 32.2. The first-order chi connectivity index (χ1) is 11.4. The maximum atomic E-state index is 10.5. The average Bonchev–Trinajstić information content (AvgIpc) is 2.55. The lowest BCUT2D eigenvalue weighted by Gasteiger charge is -2.25. The van der Waals surface area contributed by atoms with Crippen LogP contribution in [0.3, 0.4) is 0 Å². The lowest BCUT2D eigenvalue weighted by molar-refractivity contribution is 0.0704. The Bertz CT molecular complexity index is 755. The Kier molecular flexibility index (Phi) is 6.19. The number of hydrogen-bond donors (Lipinski definition) is 2. The largest absolute Gasteiger partial charge is 0.486 e. The van der Waals surface area contributed by atoms with E-state index in [2.05, 4.69) is 0 Å². The fraction of sp³-hybridized carbons (Fsp3) is 0.294. The second kappa shape index (κ2) is 8.14. The van der Waals surface area contributed by atoms with E-state index >= 15 is 0 Å². The highest BCUT2D eigenvalue weighted by Crippen LogP contribution is 2.31. The molecule has 0 saturated heterocycles. The smallest absolute Gasteiger partial charge is 0.294 e. The molecule has 0 aromatic heterocycles. The minimum Gasteiger partial charge on any atom is -0.486 e. The molecule has 0 bridgehead atoms. The summed E-state index contributed by atoms with van der Waals surface area (Å²) in [5.41, 5.74) is 0.956. The van der Waals surface area contributed by atoms with Gasteiger partial charge in [0.25, 0.3) is 10.1 Å². The molecule has 24 heavy (non-hydrogen) atoms. The molecule has 2 aromatic carbocycles. The first-order valence-corrected chi connectivity index (χ1v) is 8.87. The van der Waals surface area contributed by atoms with Gasteiger partial charge in [0.15, 0.2) is 11.5 Å². The molecule has 1 aliphatic heterocycles. The molecule has 130 valence electrons. The van der Waals surface area contributed by atoms with Crippen molar-refractivity contribution in [2.75, 3.05) is 13.2 Å². The van der Waals surface area contributed by atoms with Gasteiger partial charge in [0.05, 0.1) is 4.90 Å². The van der Waals surface area contributed by atoms with Crippen molar-refractivity contribution in [1.29, 1.82) is 0 Å². The molecule has 1 heterocycles. The number of aliphatic hydroxyl groups excluding tert-OH is 1. The fourth-order valence-corrected chi connectivity index (χ4v) is 2.54. The maximum Gasteiger partial charge on any atom is 0.294 e. The second-order valence-corrected chi connectivity index (χ2v) is 6.72. The van der Waals surface area contributed by atoms with Crippen molar-refractivity contribution < 1.29 is 27.6 Å². The Balaban J connectivity index is 0.000000177. The van der Waals surface area contributed by atoms with Crippen LogP contribution in [0.25, 0.3) is 0 Å². The highest BCUT2D eigenvalue weighted by molar-refractivity contribution is 7.85. The van der Waals surface area contributed by atoms with E-state index in [9.17, 15) is 8.42 Å². The van der Waals surface area contributed by atoms with Crippen molar-refractivity contribution in [3.8, 4) is 11.5 Å². The van der Waals surface area contributed by atoms with E-state index in [1.807, 2.05) is 31.2 Å². The van der Waals surface area contributed by atoms with Crippen molar-refractivity contribution in [1.82, 2.24) is 0 Å². The van der Waals surface area contributed by atoms with Crippen molar-refractivity contribution in [2.24, 2.45) is 0 Å². The second-order valence-electron chi connectivity index (χ2n) is 5.30. The maximum absolute atomic E-state index is 10.5. The van der Waals surface area contributed by atoms with Crippen LogP contribution < -0.4 is 9.47 Å². The van der Waals surface area contributed by atoms with Gasteiger partial charge < -0.3 is 14.6 Å². The topological polar surface area (TPSA) is 93.1 Å². The molecule has 0 fully saturated rings. The van der Waals surface area contributed by atoms with Gasteiger partial charge >= 0.3 is 0 Å². The predicted octanol–water partition coefficient (Wildman–Crippen LogP) is 2.45. The van der Waals surface area contributed by atoms with E-state index < -0.39 is 10.1 Å². The third-order valence-corrected chi connectivity index (χ3v) is 4.21. The van der Waals surface area contributed by atoms with Gasteiger partial charge in [-0.15, -0.1) is 0 Å². The van der Waals surface area contributed by atoms with Gasteiger partial charge in [0.1, 0.15) is 12.7 Å². The van der Waals surface area contributed by atoms with Crippen molar-refractivity contribution in [3.05, 3.63) is 54.1 Å². The summed E-state index contributed by atoms with van der Waals surface area (Å²) in [6.07, 6.45) is 0.605. The Hall–Kier alpha value is -2.09. The fourth-order valence-electron chi connectivity index (χ4n) is 2.06. The van der Waals surface area contributed by atoms with Gasteiger partial charge in [-0.2, -0.15) is 8.42 Å². The molecular weight excluding hydrogens is 332 g/mol. The third kappa shape index (κ3) is 5.23. The summed E-state index contributed by atoms with van der Waals surface area (Å²) in [6.45, 7) is 2.50. The van der Waals surface area contributed by atoms with Crippen LogP contribution in [0, 0.1) is 6.92 Å². The Labute approximate surface area is 141 Å². The number of para-hydroxylation sites is 2. The van der Waals surface area contributed by atoms with Crippen LogP contribution in [0.15, 0.2) is 53.4 Å². The third-order valence-electron chi connectivity index (χ3n) is 3.34. The summed E-state index contributed by atoms with van der Waals surface area (Å²) in [7, 11) is -4.02. The SMILES string of the molecule is Cc1ccc(S(=O)(=O)O)cc1.OCCC1COc2ccccc2O1. The Morgan fingerprint density at radius 2 is 1.71 bits per heavy atom. The Morgan fingerprint density at radius 3 is 2.29 bits per heavy atom. The van der Waals surface area contributed by atoms with E-state index in [1.54, 1.807) is 12.1 Å². The van der Waals surface area contributed by atoms with Gasteiger partial charge in [-0.25, -0.2) is 0 Å². The molecule has 1 aliphatic rings. The summed E-state index contributed by atoms with van der Waals surface area (Å²) >= 11 is 0. The van der Waals surface area contributed by atoms with Gasteiger partial charge in [-0.05, 0) is 31.2 Å². The molecule has 1 unspecified atom stereocenters. The molecular formula is C17H20O6S. The molecule has 0 aliphatic carbocycles. The van der Waals surface area contributed by atoms with Gasteiger partial charge in [-0.1, -0.05) is 29.8 Å². The molecule has 1 atom stereocenters. The van der Waals surface area contributed by atoms with Crippen LogP contribution in [0.4, 0.5) is 0 Å². The van der Waals surface area contributed by atoms with Crippen LogP contribution in [-0.4, -0.2) is 37.4 Å². The number of hydrogen-bond acceptors (Lipinski definition) is 5. The minimum absolute atomic E-state index is 0.0140. The molecule has 0 radical (unpaired) electrons. The van der Waals surface area contributed by atoms with Crippen molar-refractivity contribution >= 4 is 10.1 Å². The lowest BCUT2D eigenvalue weighted by atomic mass is 10.2. The summed E-state index contributed by atoms with van der Waals surface area (Å²) in [5, 5.41) is 8.73. The van der Waals surface area contributed by atoms with Crippen LogP contribution in [0.2, 0.25) is 0 Å². The first kappa shape index (κ1) is 18.3. The molecule has 6 nitrogen and oxygen atoms in total. The summed E-state index contributed by atoms with van der Waals surface area (Å²) in [6, 6.07) is 13.6. The van der Waals surface area contributed by atoms with Crippen LogP contribution in [0.5, 0.6) is 11.5 Å². The quantitative estimate of drug-likeness (QED) is 0.824. The van der Waals surface area contributed by atoms with Crippen molar-refractivity contribution in [3.63, 3.8) is 0 Å². The van der Waals surface area contributed by atoms with E-state index in [0.717, 1.165) is 17.1 Å². The van der Waals surface area contributed by atoms with E-state index in [-0.39, 0.29) is 17.6 Å². The van der Waals surface area contributed by atoms with Gasteiger partial charge in [0.2, 0.25) is 0 Å². The molecule has 3 rings (SSSR count). The lowest BCUT2D eigenvalue weighted by Crippen LogP contribution is -2.29.